The standard InChI is InChI=1S/C12H14O/c1-3-13-12-5-4-10-6-9(2)7-11(10)8-12/h4-5,7-8H,3,6H2,1-2H3. The molecule has 68 valence electrons. The summed E-state index contributed by atoms with van der Waals surface area (Å²) in [7, 11) is 0. The van der Waals surface area contributed by atoms with E-state index in [2.05, 4.69) is 31.2 Å². The van der Waals surface area contributed by atoms with Gasteiger partial charge < -0.3 is 4.74 Å². The van der Waals surface area contributed by atoms with Crippen molar-refractivity contribution in [1.82, 2.24) is 0 Å². The number of rotatable bonds is 2. The lowest BCUT2D eigenvalue weighted by Crippen LogP contribution is -1.92. The molecule has 0 fully saturated rings. The lowest BCUT2D eigenvalue weighted by Gasteiger charge is -2.04. The maximum absolute atomic E-state index is 5.44. The zero-order chi connectivity index (χ0) is 9.26. The lowest BCUT2D eigenvalue weighted by atomic mass is 10.1. The van der Waals surface area contributed by atoms with Gasteiger partial charge in [0.05, 0.1) is 6.61 Å². The van der Waals surface area contributed by atoms with Crippen LogP contribution in [-0.4, -0.2) is 6.61 Å². The van der Waals surface area contributed by atoms with Gasteiger partial charge in [0.2, 0.25) is 0 Å². The summed E-state index contributed by atoms with van der Waals surface area (Å²) in [5.74, 6) is 0.979. The molecule has 0 bridgehead atoms. The zero-order valence-corrected chi connectivity index (χ0v) is 8.13. The molecule has 1 aliphatic carbocycles. The van der Waals surface area contributed by atoms with Crippen LogP contribution in [0.1, 0.15) is 25.0 Å². The molecule has 0 atom stereocenters. The van der Waals surface area contributed by atoms with E-state index in [1.165, 1.54) is 16.7 Å². The first kappa shape index (κ1) is 8.36. The van der Waals surface area contributed by atoms with E-state index in [0.29, 0.717) is 0 Å². The van der Waals surface area contributed by atoms with Crippen LogP contribution >= 0.6 is 0 Å². The van der Waals surface area contributed by atoms with Crippen molar-refractivity contribution >= 4 is 6.08 Å². The summed E-state index contributed by atoms with van der Waals surface area (Å²) in [6.07, 6.45) is 3.33. The molecule has 0 unspecified atom stereocenters. The van der Waals surface area contributed by atoms with Crippen molar-refractivity contribution in [2.45, 2.75) is 20.3 Å². The van der Waals surface area contributed by atoms with Crippen LogP contribution in [0.5, 0.6) is 5.75 Å². The largest absolute Gasteiger partial charge is 0.494 e. The highest BCUT2D eigenvalue weighted by Gasteiger charge is 2.09. The molecular weight excluding hydrogens is 160 g/mol. The number of hydrogen-bond donors (Lipinski definition) is 0. The predicted octanol–water partition coefficient (Wildman–Crippen LogP) is 3.04. The average molecular weight is 174 g/mol. The highest BCUT2D eigenvalue weighted by atomic mass is 16.5. The van der Waals surface area contributed by atoms with Crippen LogP contribution in [0.15, 0.2) is 23.8 Å². The summed E-state index contributed by atoms with van der Waals surface area (Å²) in [6, 6.07) is 6.33. The van der Waals surface area contributed by atoms with Gasteiger partial charge in [-0.2, -0.15) is 0 Å². The Morgan fingerprint density at radius 1 is 1.38 bits per heavy atom. The Morgan fingerprint density at radius 2 is 2.23 bits per heavy atom. The second-order valence-electron chi connectivity index (χ2n) is 3.46. The summed E-state index contributed by atoms with van der Waals surface area (Å²) >= 11 is 0. The van der Waals surface area contributed by atoms with Crippen molar-refractivity contribution < 1.29 is 4.74 Å². The minimum Gasteiger partial charge on any atom is -0.494 e. The highest BCUT2D eigenvalue weighted by Crippen LogP contribution is 2.27. The first-order valence-electron chi connectivity index (χ1n) is 4.72. The summed E-state index contributed by atoms with van der Waals surface area (Å²) in [6.45, 7) is 4.91. The van der Waals surface area contributed by atoms with Crippen LogP contribution in [0.2, 0.25) is 0 Å². The third-order valence-corrected chi connectivity index (χ3v) is 2.30. The van der Waals surface area contributed by atoms with E-state index < -0.39 is 0 Å². The van der Waals surface area contributed by atoms with E-state index in [1.54, 1.807) is 0 Å². The lowest BCUT2D eigenvalue weighted by molar-refractivity contribution is 0.340. The summed E-state index contributed by atoms with van der Waals surface area (Å²) < 4.78 is 5.44. The SMILES string of the molecule is CCOc1ccc2c(c1)C=C(C)C2. The third-order valence-electron chi connectivity index (χ3n) is 2.30. The predicted molar refractivity (Wildman–Crippen MR) is 55.0 cm³/mol. The van der Waals surface area contributed by atoms with Crippen molar-refractivity contribution in [1.29, 1.82) is 0 Å². The van der Waals surface area contributed by atoms with Crippen molar-refractivity contribution in [3.05, 3.63) is 34.9 Å². The molecule has 0 N–H and O–H groups in total. The van der Waals surface area contributed by atoms with Crippen LogP contribution < -0.4 is 4.74 Å². The van der Waals surface area contributed by atoms with Crippen LogP contribution in [0, 0.1) is 0 Å². The van der Waals surface area contributed by atoms with Crippen LogP contribution in [0.4, 0.5) is 0 Å². The summed E-state index contributed by atoms with van der Waals surface area (Å²) in [4.78, 5) is 0. The molecule has 1 aromatic carbocycles. The number of benzene rings is 1. The van der Waals surface area contributed by atoms with Gasteiger partial charge in [0.1, 0.15) is 5.75 Å². The fraction of sp³-hybridized carbons (Fsp3) is 0.333. The van der Waals surface area contributed by atoms with Gasteiger partial charge in [-0.25, -0.2) is 0 Å². The Bertz CT molecular complexity index is 350. The molecule has 0 heterocycles. The molecule has 0 aliphatic heterocycles. The smallest absolute Gasteiger partial charge is 0.119 e. The Labute approximate surface area is 79.0 Å². The van der Waals surface area contributed by atoms with Gasteiger partial charge in [-0.15, -0.1) is 0 Å². The first-order valence-corrected chi connectivity index (χ1v) is 4.72. The molecule has 0 aromatic heterocycles. The summed E-state index contributed by atoms with van der Waals surface area (Å²) in [5.41, 5.74) is 4.17. The molecule has 2 rings (SSSR count). The van der Waals surface area contributed by atoms with E-state index >= 15 is 0 Å². The minimum atomic E-state index is 0.738. The Hall–Kier alpha value is -1.24. The maximum atomic E-state index is 5.44. The molecular formula is C12H14O. The van der Waals surface area contributed by atoms with Crippen molar-refractivity contribution in [2.24, 2.45) is 0 Å². The quantitative estimate of drug-likeness (QED) is 0.669. The highest BCUT2D eigenvalue weighted by molar-refractivity contribution is 5.64. The van der Waals surface area contributed by atoms with Gasteiger partial charge in [-0.1, -0.05) is 17.7 Å². The molecule has 1 heteroatoms. The summed E-state index contributed by atoms with van der Waals surface area (Å²) in [5, 5.41) is 0. The normalized spacial score (nSPS) is 13.8. The second-order valence-corrected chi connectivity index (χ2v) is 3.46. The Kier molecular flexibility index (Phi) is 2.09. The number of fused-ring (bicyclic) bond motifs is 1. The van der Waals surface area contributed by atoms with Crippen LogP contribution in [0.3, 0.4) is 0 Å². The number of hydrogen-bond acceptors (Lipinski definition) is 1. The Morgan fingerprint density at radius 3 is 3.00 bits per heavy atom. The molecule has 1 aliphatic rings. The van der Waals surface area contributed by atoms with Crippen molar-refractivity contribution in [3.63, 3.8) is 0 Å². The fourth-order valence-corrected chi connectivity index (χ4v) is 1.74. The minimum absolute atomic E-state index is 0.738. The fourth-order valence-electron chi connectivity index (χ4n) is 1.74. The van der Waals surface area contributed by atoms with E-state index in [-0.39, 0.29) is 0 Å². The molecule has 0 amide bonds. The van der Waals surface area contributed by atoms with Gasteiger partial charge >= 0.3 is 0 Å². The molecule has 0 radical (unpaired) electrons. The maximum Gasteiger partial charge on any atom is 0.119 e. The van der Waals surface area contributed by atoms with E-state index in [0.717, 1.165) is 18.8 Å². The van der Waals surface area contributed by atoms with E-state index in [4.69, 9.17) is 4.74 Å². The molecule has 1 nitrogen and oxygen atoms in total. The van der Waals surface area contributed by atoms with E-state index in [1.807, 2.05) is 6.92 Å². The van der Waals surface area contributed by atoms with Gasteiger partial charge in [0.25, 0.3) is 0 Å². The monoisotopic (exact) mass is 174 g/mol. The van der Waals surface area contributed by atoms with Gasteiger partial charge in [-0.3, -0.25) is 0 Å². The van der Waals surface area contributed by atoms with Crippen LogP contribution in [-0.2, 0) is 6.42 Å². The first-order chi connectivity index (χ1) is 6.29. The average Bonchev–Trinajstić information content (AvgIpc) is 2.44. The third kappa shape index (κ3) is 1.59. The Balaban J connectivity index is 2.32. The molecule has 0 saturated carbocycles. The zero-order valence-electron chi connectivity index (χ0n) is 8.13. The molecule has 0 saturated heterocycles. The van der Waals surface area contributed by atoms with Crippen LogP contribution in [0.25, 0.3) is 6.08 Å². The van der Waals surface area contributed by atoms with Crippen molar-refractivity contribution in [3.8, 4) is 5.75 Å². The number of ether oxygens (including phenoxy) is 1. The topological polar surface area (TPSA) is 9.23 Å². The van der Waals surface area contributed by atoms with Gasteiger partial charge in [-0.05, 0) is 43.5 Å². The molecule has 1 aromatic rings. The number of allylic oxidation sites excluding steroid dienone is 1. The molecule has 0 spiro atoms. The second kappa shape index (κ2) is 3.25. The van der Waals surface area contributed by atoms with Crippen molar-refractivity contribution in [2.75, 3.05) is 6.61 Å². The van der Waals surface area contributed by atoms with Gasteiger partial charge in [0, 0.05) is 0 Å². The van der Waals surface area contributed by atoms with E-state index in [9.17, 15) is 0 Å². The molecule has 13 heavy (non-hydrogen) atoms. The van der Waals surface area contributed by atoms with Gasteiger partial charge in [0.15, 0.2) is 0 Å².